The van der Waals surface area contributed by atoms with Crippen LogP contribution in [0.2, 0.25) is 0 Å². The van der Waals surface area contributed by atoms with E-state index >= 15 is 0 Å². The molecule has 5 heteroatoms. The number of aliphatic imine (C=N–C) groups is 1. The molecule has 0 saturated carbocycles. The number of ether oxygens (including phenoxy) is 1. The number of nitrogens with zero attached hydrogens (tertiary/aromatic N) is 1. The van der Waals surface area contributed by atoms with Crippen molar-refractivity contribution in [2.24, 2.45) is 4.99 Å². The molecule has 22 heavy (non-hydrogen) atoms. The van der Waals surface area contributed by atoms with Crippen molar-refractivity contribution < 1.29 is 9.53 Å². The zero-order valence-corrected chi connectivity index (χ0v) is 12.0. The van der Waals surface area contributed by atoms with Crippen LogP contribution in [0.5, 0.6) is 5.75 Å². The Labute approximate surface area is 129 Å². The third kappa shape index (κ3) is 3.63. The van der Waals surface area contributed by atoms with Gasteiger partial charge in [0.25, 0.3) is 0 Å². The Hall–Kier alpha value is -2.82. The molecule has 0 saturated heterocycles. The predicted molar refractivity (Wildman–Crippen MR) is 85.5 cm³/mol. The summed E-state index contributed by atoms with van der Waals surface area (Å²) in [5.74, 6) is 1.29. The van der Waals surface area contributed by atoms with Crippen molar-refractivity contribution in [1.29, 1.82) is 0 Å². The molecular weight excluding hydrogens is 278 g/mol. The number of carbonyl (C=O) groups is 1. The van der Waals surface area contributed by atoms with E-state index in [1.807, 2.05) is 36.4 Å². The van der Waals surface area contributed by atoms with Crippen LogP contribution < -0.4 is 15.4 Å². The Bertz CT molecular complexity index is 683. The largest absolute Gasteiger partial charge is 0.485 e. The Kier molecular flexibility index (Phi) is 4.34. The number of nitrogens with one attached hydrogen (secondary N) is 2. The van der Waals surface area contributed by atoms with E-state index in [1.165, 1.54) is 0 Å². The first kappa shape index (κ1) is 14.1. The summed E-state index contributed by atoms with van der Waals surface area (Å²) in [4.78, 5) is 16.3. The Balaban J connectivity index is 1.59. The number of Topliss-reactive ketones (excluding diaryl/α,β-unsaturated/α-hetero) is 1. The number of anilines is 1. The number of hydrogen-bond donors (Lipinski definition) is 2. The van der Waals surface area contributed by atoms with Crippen LogP contribution in [0.3, 0.4) is 0 Å². The fourth-order valence-corrected chi connectivity index (χ4v) is 2.08. The van der Waals surface area contributed by atoms with E-state index in [0.717, 1.165) is 24.7 Å². The van der Waals surface area contributed by atoms with Crippen LogP contribution in [0.25, 0.3) is 0 Å². The molecule has 0 amide bonds. The highest BCUT2D eigenvalue weighted by Gasteiger charge is 2.08. The number of hydrogen-bond acceptors (Lipinski definition) is 5. The van der Waals surface area contributed by atoms with Gasteiger partial charge in [-0.25, -0.2) is 0 Å². The molecule has 2 aromatic rings. The minimum Gasteiger partial charge on any atom is -0.485 e. The van der Waals surface area contributed by atoms with Gasteiger partial charge in [0.1, 0.15) is 5.75 Å². The van der Waals surface area contributed by atoms with Crippen LogP contribution in [0.4, 0.5) is 5.69 Å². The molecule has 0 spiro atoms. The highest BCUT2D eigenvalue weighted by molar-refractivity contribution is 5.97. The molecule has 0 fully saturated rings. The SMILES string of the molecule is O=C(COc1cccc(NC2=NCCN2)c1)c1[c]cccc1. The van der Waals surface area contributed by atoms with Gasteiger partial charge in [-0.3, -0.25) is 9.79 Å². The zero-order chi connectivity index (χ0) is 15.2. The first-order valence-corrected chi connectivity index (χ1v) is 7.09. The molecule has 1 aliphatic heterocycles. The average Bonchev–Trinajstić information content (AvgIpc) is 3.07. The Morgan fingerprint density at radius 2 is 2.27 bits per heavy atom. The van der Waals surface area contributed by atoms with E-state index in [4.69, 9.17) is 4.74 Å². The number of benzene rings is 2. The second-order valence-electron chi connectivity index (χ2n) is 4.80. The fraction of sp³-hybridized carbons (Fsp3) is 0.176. The summed E-state index contributed by atoms with van der Waals surface area (Å²) in [6.45, 7) is 1.62. The fourth-order valence-electron chi connectivity index (χ4n) is 2.08. The van der Waals surface area contributed by atoms with Crippen molar-refractivity contribution in [3.63, 3.8) is 0 Å². The molecule has 0 bridgehead atoms. The first-order valence-electron chi connectivity index (χ1n) is 7.09. The topological polar surface area (TPSA) is 62.7 Å². The molecule has 111 valence electrons. The maximum Gasteiger partial charge on any atom is 0.200 e. The van der Waals surface area contributed by atoms with Gasteiger partial charge in [0.15, 0.2) is 12.6 Å². The Morgan fingerprint density at radius 1 is 1.32 bits per heavy atom. The van der Waals surface area contributed by atoms with E-state index in [2.05, 4.69) is 21.7 Å². The maximum atomic E-state index is 12.0. The van der Waals surface area contributed by atoms with Gasteiger partial charge >= 0.3 is 0 Å². The van der Waals surface area contributed by atoms with Crippen LogP contribution in [0.15, 0.2) is 53.5 Å². The number of rotatable bonds is 5. The average molecular weight is 294 g/mol. The second-order valence-corrected chi connectivity index (χ2v) is 4.80. The minimum atomic E-state index is -0.0965. The molecule has 1 radical (unpaired) electrons. The van der Waals surface area contributed by atoms with E-state index in [-0.39, 0.29) is 12.4 Å². The van der Waals surface area contributed by atoms with Gasteiger partial charge in [0, 0.05) is 23.9 Å². The molecule has 2 N–H and O–H groups in total. The lowest BCUT2D eigenvalue weighted by Gasteiger charge is -2.09. The summed E-state index contributed by atoms with van der Waals surface area (Å²) in [7, 11) is 0. The lowest BCUT2D eigenvalue weighted by Crippen LogP contribution is -2.26. The summed E-state index contributed by atoms with van der Waals surface area (Å²) in [6.07, 6.45) is 0. The molecular formula is C17H16N3O2. The van der Waals surface area contributed by atoms with Gasteiger partial charge in [0.2, 0.25) is 5.78 Å². The molecule has 1 aliphatic rings. The molecule has 0 atom stereocenters. The first-order chi connectivity index (χ1) is 10.8. The van der Waals surface area contributed by atoms with Gasteiger partial charge in [-0.2, -0.15) is 0 Å². The summed E-state index contributed by atoms with van der Waals surface area (Å²) in [5.41, 5.74) is 1.39. The summed E-state index contributed by atoms with van der Waals surface area (Å²) in [5, 5.41) is 6.30. The van der Waals surface area contributed by atoms with Crippen LogP contribution >= 0.6 is 0 Å². The van der Waals surface area contributed by atoms with Crippen molar-refractivity contribution in [2.75, 3.05) is 25.0 Å². The van der Waals surface area contributed by atoms with E-state index in [0.29, 0.717) is 11.3 Å². The number of ketones is 1. The van der Waals surface area contributed by atoms with Gasteiger partial charge in [-0.05, 0) is 18.2 Å². The van der Waals surface area contributed by atoms with E-state index in [1.54, 1.807) is 12.1 Å². The quantitative estimate of drug-likeness (QED) is 0.829. The van der Waals surface area contributed by atoms with Crippen LogP contribution in [0, 0.1) is 6.07 Å². The monoisotopic (exact) mass is 294 g/mol. The predicted octanol–water partition coefficient (Wildman–Crippen LogP) is 2.12. The lowest BCUT2D eigenvalue weighted by atomic mass is 10.1. The summed E-state index contributed by atoms with van der Waals surface area (Å²) < 4.78 is 5.56. The highest BCUT2D eigenvalue weighted by Crippen LogP contribution is 2.17. The lowest BCUT2D eigenvalue weighted by molar-refractivity contribution is 0.0921. The number of carbonyl (C=O) groups excluding carboxylic acids is 1. The third-order valence-electron chi connectivity index (χ3n) is 3.15. The molecule has 2 aromatic carbocycles. The Morgan fingerprint density at radius 3 is 3.05 bits per heavy atom. The standard InChI is InChI=1S/C17H16N3O2/c21-16(13-5-2-1-3-6-13)12-22-15-8-4-7-14(11-15)20-17-18-9-10-19-17/h1-5,7-8,11H,9-10,12H2,(H2,18,19,20). The molecule has 0 aromatic heterocycles. The molecule has 3 rings (SSSR count). The smallest absolute Gasteiger partial charge is 0.200 e. The summed E-state index contributed by atoms with van der Waals surface area (Å²) >= 11 is 0. The minimum absolute atomic E-state index is 0.0108. The third-order valence-corrected chi connectivity index (χ3v) is 3.15. The van der Waals surface area contributed by atoms with E-state index < -0.39 is 0 Å². The molecule has 5 nitrogen and oxygen atoms in total. The van der Waals surface area contributed by atoms with Crippen LogP contribution in [0.1, 0.15) is 10.4 Å². The van der Waals surface area contributed by atoms with E-state index in [9.17, 15) is 4.79 Å². The molecule has 0 aliphatic carbocycles. The van der Waals surface area contributed by atoms with Gasteiger partial charge in [-0.15, -0.1) is 0 Å². The summed E-state index contributed by atoms with van der Waals surface area (Å²) in [6, 6.07) is 17.4. The van der Waals surface area contributed by atoms with Crippen molar-refractivity contribution in [1.82, 2.24) is 5.32 Å². The maximum absolute atomic E-state index is 12.0. The second kappa shape index (κ2) is 6.76. The normalized spacial score (nSPS) is 13.2. The van der Waals surface area contributed by atoms with Crippen molar-refractivity contribution in [3.05, 3.63) is 60.2 Å². The van der Waals surface area contributed by atoms with Crippen LogP contribution in [-0.2, 0) is 0 Å². The van der Waals surface area contributed by atoms with Gasteiger partial charge in [0.05, 0.1) is 6.54 Å². The zero-order valence-electron chi connectivity index (χ0n) is 12.0. The van der Waals surface area contributed by atoms with Crippen molar-refractivity contribution in [3.8, 4) is 5.75 Å². The van der Waals surface area contributed by atoms with Gasteiger partial charge in [-0.1, -0.05) is 30.3 Å². The molecule has 0 unspecified atom stereocenters. The number of guanidine groups is 1. The van der Waals surface area contributed by atoms with Gasteiger partial charge < -0.3 is 15.4 Å². The van der Waals surface area contributed by atoms with Crippen molar-refractivity contribution in [2.45, 2.75) is 0 Å². The van der Waals surface area contributed by atoms with Crippen LogP contribution in [-0.4, -0.2) is 31.4 Å². The highest BCUT2D eigenvalue weighted by atomic mass is 16.5. The molecule has 1 heterocycles. The van der Waals surface area contributed by atoms with Crippen molar-refractivity contribution >= 4 is 17.4 Å².